The van der Waals surface area contributed by atoms with Crippen LogP contribution in [0.15, 0.2) is 23.8 Å². The van der Waals surface area contributed by atoms with Crippen LogP contribution < -0.4 is 0 Å². The lowest BCUT2D eigenvalue weighted by atomic mass is 9.52. The van der Waals surface area contributed by atoms with E-state index < -0.39 is 5.60 Å². The molecule has 4 aliphatic rings. The van der Waals surface area contributed by atoms with Gasteiger partial charge in [0.05, 0.1) is 0 Å². The Balaban J connectivity index is 1.71. The molecule has 4 aliphatic carbocycles. The van der Waals surface area contributed by atoms with Crippen molar-refractivity contribution in [3.05, 3.63) is 23.8 Å². The number of aliphatic hydroxyl groups is 1. The molecule has 116 valence electrons. The third-order valence-electron chi connectivity index (χ3n) is 7.26. The van der Waals surface area contributed by atoms with Crippen molar-refractivity contribution in [2.24, 2.45) is 29.1 Å². The van der Waals surface area contributed by atoms with Crippen LogP contribution in [0, 0.1) is 41.4 Å². The molecule has 2 saturated carbocycles. The second-order valence-corrected chi connectivity index (χ2v) is 7.96. The highest BCUT2D eigenvalue weighted by atomic mass is 16.3. The summed E-state index contributed by atoms with van der Waals surface area (Å²) in [5.41, 5.74) is 0.153. The van der Waals surface area contributed by atoms with Crippen LogP contribution in [-0.2, 0) is 4.79 Å². The van der Waals surface area contributed by atoms with Crippen LogP contribution >= 0.6 is 0 Å². The minimum atomic E-state index is -0.935. The maximum Gasteiger partial charge on any atom is 0.155 e. The zero-order valence-electron chi connectivity index (χ0n) is 13.2. The van der Waals surface area contributed by atoms with E-state index in [1.54, 1.807) is 0 Å². The number of rotatable bonds is 0. The van der Waals surface area contributed by atoms with Gasteiger partial charge in [0.25, 0.3) is 0 Å². The van der Waals surface area contributed by atoms with Gasteiger partial charge in [-0.1, -0.05) is 25.0 Å². The first-order valence-electron chi connectivity index (χ1n) is 8.61. The van der Waals surface area contributed by atoms with Gasteiger partial charge in [0, 0.05) is 11.8 Å². The molecular formula is C20H24O2. The summed E-state index contributed by atoms with van der Waals surface area (Å²) in [6, 6.07) is 0. The number of carbonyl (C=O) groups is 1. The predicted octanol–water partition coefficient (Wildman–Crippen LogP) is 3.27. The van der Waals surface area contributed by atoms with E-state index in [9.17, 15) is 9.90 Å². The Morgan fingerprint density at radius 3 is 2.91 bits per heavy atom. The van der Waals surface area contributed by atoms with E-state index >= 15 is 0 Å². The molecule has 0 radical (unpaired) electrons. The fraction of sp³-hybridized carbons (Fsp3) is 0.650. The first-order valence-corrected chi connectivity index (χ1v) is 8.61. The Bertz CT molecular complexity index is 622. The van der Waals surface area contributed by atoms with Crippen LogP contribution in [0.25, 0.3) is 0 Å². The van der Waals surface area contributed by atoms with Crippen molar-refractivity contribution in [1.29, 1.82) is 0 Å². The Labute approximate surface area is 132 Å². The number of ketones is 1. The summed E-state index contributed by atoms with van der Waals surface area (Å²) in [5.74, 6) is 5.14. The first kappa shape index (κ1) is 14.3. The average molecular weight is 296 g/mol. The first-order chi connectivity index (χ1) is 10.5. The number of fused-ring (bicyclic) bond motifs is 5. The standard InChI is InChI=1S/C20H24O2/c1-3-20(22)11-9-18-17-6-4-13-12-14(21)5-7-15(13)16(17)8-10-19(18,20)2/h1,4,6,12,15-18,22H,5,7-11H2,2H3/t15-,16+,17+,18-,19-,20+/m0/s1. The molecule has 1 N–H and O–H groups in total. The molecule has 2 nitrogen and oxygen atoms in total. The van der Waals surface area contributed by atoms with Gasteiger partial charge in [0.1, 0.15) is 5.60 Å². The summed E-state index contributed by atoms with van der Waals surface area (Å²) in [5, 5.41) is 10.9. The molecule has 2 fully saturated rings. The summed E-state index contributed by atoms with van der Waals surface area (Å²) in [6.45, 7) is 2.20. The van der Waals surface area contributed by atoms with Crippen LogP contribution in [0.3, 0.4) is 0 Å². The van der Waals surface area contributed by atoms with Crippen LogP contribution in [0.5, 0.6) is 0 Å². The number of carbonyl (C=O) groups excluding carboxylic acids is 1. The molecule has 0 aliphatic heterocycles. The maximum atomic E-state index is 11.7. The topological polar surface area (TPSA) is 37.3 Å². The molecule has 22 heavy (non-hydrogen) atoms. The van der Waals surface area contributed by atoms with Crippen LogP contribution in [0.2, 0.25) is 0 Å². The van der Waals surface area contributed by atoms with E-state index in [-0.39, 0.29) is 11.2 Å². The van der Waals surface area contributed by atoms with Crippen LogP contribution in [0.1, 0.15) is 45.4 Å². The van der Waals surface area contributed by atoms with Crippen LogP contribution in [0.4, 0.5) is 0 Å². The lowest BCUT2D eigenvalue weighted by molar-refractivity contribution is -0.115. The highest BCUT2D eigenvalue weighted by molar-refractivity contribution is 5.91. The van der Waals surface area contributed by atoms with Crippen molar-refractivity contribution in [3.63, 3.8) is 0 Å². The highest BCUT2D eigenvalue weighted by Crippen LogP contribution is 2.63. The zero-order chi connectivity index (χ0) is 15.5. The second kappa shape index (κ2) is 4.59. The Hall–Kier alpha value is -1.33. The van der Waals surface area contributed by atoms with E-state index in [4.69, 9.17) is 6.42 Å². The minimum absolute atomic E-state index is 0.154. The van der Waals surface area contributed by atoms with Crippen molar-refractivity contribution in [2.75, 3.05) is 0 Å². The monoisotopic (exact) mass is 296 g/mol. The van der Waals surface area contributed by atoms with Gasteiger partial charge in [-0.2, -0.15) is 0 Å². The molecule has 0 heterocycles. The van der Waals surface area contributed by atoms with E-state index in [2.05, 4.69) is 25.0 Å². The fourth-order valence-electron chi connectivity index (χ4n) is 5.91. The van der Waals surface area contributed by atoms with Gasteiger partial charge >= 0.3 is 0 Å². The number of hydrogen-bond acceptors (Lipinski definition) is 2. The van der Waals surface area contributed by atoms with Crippen molar-refractivity contribution in [1.82, 2.24) is 0 Å². The molecule has 0 aromatic rings. The molecule has 0 amide bonds. The van der Waals surface area contributed by atoms with Crippen molar-refractivity contribution < 1.29 is 9.90 Å². The zero-order valence-corrected chi connectivity index (χ0v) is 13.2. The molecule has 0 bridgehead atoms. The summed E-state index contributed by atoms with van der Waals surface area (Å²) < 4.78 is 0. The van der Waals surface area contributed by atoms with Gasteiger partial charge in [-0.25, -0.2) is 0 Å². The van der Waals surface area contributed by atoms with E-state index in [1.807, 2.05) is 6.08 Å². The lowest BCUT2D eigenvalue weighted by Gasteiger charge is -2.52. The third-order valence-corrected chi connectivity index (χ3v) is 7.26. The van der Waals surface area contributed by atoms with Gasteiger partial charge in [-0.3, -0.25) is 4.79 Å². The Morgan fingerprint density at radius 2 is 2.14 bits per heavy atom. The lowest BCUT2D eigenvalue weighted by Crippen LogP contribution is -2.51. The minimum Gasteiger partial charge on any atom is -0.377 e. The van der Waals surface area contributed by atoms with E-state index in [1.165, 1.54) is 5.57 Å². The third kappa shape index (κ3) is 1.69. The van der Waals surface area contributed by atoms with Gasteiger partial charge in [0.15, 0.2) is 5.78 Å². The molecule has 0 aromatic heterocycles. The molecule has 0 unspecified atom stereocenters. The number of hydrogen-bond donors (Lipinski definition) is 1. The van der Waals surface area contributed by atoms with Gasteiger partial charge < -0.3 is 5.11 Å². The van der Waals surface area contributed by atoms with Crippen molar-refractivity contribution in [3.8, 4) is 12.3 Å². The molecule has 0 saturated heterocycles. The molecule has 0 spiro atoms. The molecular weight excluding hydrogens is 272 g/mol. The summed E-state index contributed by atoms with van der Waals surface area (Å²) in [6.07, 6.45) is 17.6. The maximum absolute atomic E-state index is 11.7. The average Bonchev–Trinajstić information content (AvgIpc) is 2.79. The molecule has 0 aromatic carbocycles. The normalized spacial score (nSPS) is 49.7. The van der Waals surface area contributed by atoms with E-state index in [0.29, 0.717) is 30.1 Å². The highest BCUT2D eigenvalue weighted by Gasteiger charge is 2.61. The Kier molecular flexibility index (Phi) is 2.97. The van der Waals surface area contributed by atoms with Crippen molar-refractivity contribution >= 4 is 5.78 Å². The number of terminal acetylenes is 1. The van der Waals surface area contributed by atoms with Crippen molar-refractivity contribution in [2.45, 2.75) is 51.0 Å². The largest absolute Gasteiger partial charge is 0.377 e. The quantitative estimate of drug-likeness (QED) is 0.697. The summed E-state index contributed by atoms with van der Waals surface area (Å²) in [7, 11) is 0. The Morgan fingerprint density at radius 1 is 1.32 bits per heavy atom. The fourth-order valence-corrected chi connectivity index (χ4v) is 5.91. The summed E-state index contributed by atoms with van der Waals surface area (Å²) in [4.78, 5) is 11.7. The molecule has 2 heteroatoms. The smallest absolute Gasteiger partial charge is 0.155 e. The molecule has 4 rings (SSSR count). The van der Waals surface area contributed by atoms with E-state index in [0.717, 1.165) is 32.1 Å². The van der Waals surface area contributed by atoms with Gasteiger partial charge in [-0.15, -0.1) is 6.42 Å². The van der Waals surface area contributed by atoms with Crippen LogP contribution in [-0.4, -0.2) is 16.5 Å². The second-order valence-electron chi connectivity index (χ2n) is 7.96. The van der Waals surface area contributed by atoms with Gasteiger partial charge in [0.2, 0.25) is 0 Å². The molecule has 6 atom stereocenters. The predicted molar refractivity (Wildman–Crippen MR) is 85.8 cm³/mol. The summed E-state index contributed by atoms with van der Waals surface area (Å²) >= 11 is 0. The SMILES string of the molecule is C#C[C@@]1(O)CC[C@H]2[C@@H]3C=CC4=CC(=O)CC[C@@H]4[C@H]3CC[C@@]21C. The number of allylic oxidation sites excluding steroid dienone is 4. The van der Waals surface area contributed by atoms with Gasteiger partial charge in [-0.05, 0) is 67.4 Å².